The van der Waals surface area contributed by atoms with Crippen LogP contribution in [0.2, 0.25) is 0 Å². The van der Waals surface area contributed by atoms with Gasteiger partial charge in [-0.15, -0.1) is 0 Å². The van der Waals surface area contributed by atoms with Gasteiger partial charge in [0.1, 0.15) is 5.69 Å². The second-order valence-electron chi connectivity index (χ2n) is 7.92. The molecule has 9 heteroatoms. The minimum absolute atomic E-state index is 0.122. The average molecular weight is 460 g/mol. The Morgan fingerprint density at radius 2 is 1.47 bits per heavy atom. The van der Waals surface area contributed by atoms with E-state index in [1.807, 2.05) is 24.0 Å². The number of nitro benzene ring substituents is 1. The van der Waals surface area contributed by atoms with Gasteiger partial charge in [0.15, 0.2) is 0 Å². The monoisotopic (exact) mass is 460 g/mol. The second-order valence-corrected chi connectivity index (χ2v) is 7.92. The Morgan fingerprint density at radius 1 is 0.882 bits per heavy atom. The molecule has 0 saturated carbocycles. The number of nitro groups is 1. The summed E-state index contributed by atoms with van der Waals surface area (Å²) in [4.78, 5) is 38.1. The zero-order chi connectivity index (χ0) is 24.1. The van der Waals surface area contributed by atoms with Crippen molar-refractivity contribution in [1.82, 2.24) is 0 Å². The Bertz CT molecular complexity index is 1220. The number of rotatable bonds is 6. The van der Waals surface area contributed by atoms with Gasteiger partial charge in [-0.1, -0.05) is 17.7 Å². The molecular formula is C25H24N4O5. The first-order valence-corrected chi connectivity index (χ1v) is 10.8. The highest BCUT2D eigenvalue weighted by atomic mass is 16.6. The summed E-state index contributed by atoms with van der Waals surface area (Å²) in [5.41, 5.74) is 3.15. The maximum atomic E-state index is 12.7. The summed E-state index contributed by atoms with van der Waals surface area (Å²) in [6.45, 7) is 4.03. The highest BCUT2D eigenvalue weighted by molar-refractivity contribution is 6.06. The van der Waals surface area contributed by atoms with Crippen LogP contribution < -0.4 is 15.5 Å². The molecule has 9 nitrogen and oxygen atoms in total. The first-order valence-electron chi connectivity index (χ1n) is 10.8. The molecule has 1 heterocycles. The van der Waals surface area contributed by atoms with E-state index in [1.54, 1.807) is 48.5 Å². The SMILES string of the molecule is Cc1cccc(C(=O)Nc2ccc(NC(=O)c3ccc(N4CCOCC4)c([N+](=O)[O-])c3)cc2)c1. The van der Waals surface area contributed by atoms with E-state index in [4.69, 9.17) is 4.74 Å². The molecule has 1 fully saturated rings. The summed E-state index contributed by atoms with van der Waals surface area (Å²) in [6, 6.07) is 18.4. The van der Waals surface area contributed by atoms with Crippen molar-refractivity contribution in [1.29, 1.82) is 0 Å². The van der Waals surface area contributed by atoms with E-state index in [1.165, 1.54) is 6.07 Å². The lowest BCUT2D eigenvalue weighted by molar-refractivity contribution is -0.384. The molecule has 2 amide bonds. The number of amides is 2. The number of hydrogen-bond acceptors (Lipinski definition) is 6. The number of nitrogens with one attached hydrogen (secondary N) is 2. The topological polar surface area (TPSA) is 114 Å². The van der Waals surface area contributed by atoms with Gasteiger partial charge in [-0.3, -0.25) is 19.7 Å². The number of morpholine rings is 1. The molecule has 0 aromatic heterocycles. The van der Waals surface area contributed by atoms with Crippen molar-refractivity contribution in [2.75, 3.05) is 41.8 Å². The van der Waals surface area contributed by atoms with Crippen LogP contribution in [0.3, 0.4) is 0 Å². The van der Waals surface area contributed by atoms with Crippen LogP contribution in [0.4, 0.5) is 22.7 Å². The third kappa shape index (κ3) is 5.38. The van der Waals surface area contributed by atoms with E-state index in [-0.39, 0.29) is 17.2 Å². The van der Waals surface area contributed by atoms with Crippen molar-refractivity contribution in [2.45, 2.75) is 6.92 Å². The lowest BCUT2D eigenvalue weighted by atomic mass is 10.1. The van der Waals surface area contributed by atoms with Crippen molar-refractivity contribution in [2.24, 2.45) is 0 Å². The van der Waals surface area contributed by atoms with E-state index in [9.17, 15) is 19.7 Å². The van der Waals surface area contributed by atoms with Crippen molar-refractivity contribution >= 4 is 34.6 Å². The predicted octanol–water partition coefficient (Wildman–Crippen LogP) is 4.24. The molecule has 1 aliphatic heterocycles. The molecule has 2 N–H and O–H groups in total. The third-order valence-electron chi connectivity index (χ3n) is 5.47. The molecule has 0 atom stereocenters. The van der Waals surface area contributed by atoms with Crippen LogP contribution in [0.15, 0.2) is 66.7 Å². The van der Waals surface area contributed by atoms with Crippen LogP contribution in [0.1, 0.15) is 26.3 Å². The predicted molar refractivity (Wildman–Crippen MR) is 130 cm³/mol. The quantitative estimate of drug-likeness (QED) is 0.420. The molecule has 3 aromatic carbocycles. The summed E-state index contributed by atoms with van der Waals surface area (Å²) in [5.74, 6) is -0.693. The zero-order valence-corrected chi connectivity index (χ0v) is 18.6. The molecule has 0 aliphatic carbocycles. The summed E-state index contributed by atoms with van der Waals surface area (Å²) >= 11 is 0. The molecule has 0 radical (unpaired) electrons. The van der Waals surface area contributed by atoms with Gasteiger partial charge >= 0.3 is 0 Å². The molecule has 1 aliphatic rings. The summed E-state index contributed by atoms with van der Waals surface area (Å²) in [5, 5.41) is 17.2. The fraction of sp³-hybridized carbons (Fsp3) is 0.200. The number of carbonyl (C=O) groups excluding carboxylic acids is 2. The molecule has 1 saturated heterocycles. The Balaban J connectivity index is 1.43. The first-order chi connectivity index (χ1) is 16.4. The van der Waals surface area contributed by atoms with Crippen LogP contribution in [0, 0.1) is 17.0 Å². The molecule has 3 aromatic rings. The van der Waals surface area contributed by atoms with E-state index in [0.29, 0.717) is 48.9 Å². The van der Waals surface area contributed by atoms with Crippen molar-refractivity contribution in [3.05, 3.63) is 93.5 Å². The maximum Gasteiger partial charge on any atom is 0.293 e. The fourth-order valence-corrected chi connectivity index (χ4v) is 3.71. The van der Waals surface area contributed by atoms with Crippen molar-refractivity contribution in [3.8, 4) is 0 Å². The van der Waals surface area contributed by atoms with Crippen LogP contribution in [-0.4, -0.2) is 43.0 Å². The highest BCUT2D eigenvalue weighted by Gasteiger charge is 2.23. The summed E-state index contributed by atoms with van der Waals surface area (Å²) in [6.07, 6.45) is 0. The third-order valence-corrected chi connectivity index (χ3v) is 5.47. The van der Waals surface area contributed by atoms with Crippen LogP contribution in [0.25, 0.3) is 0 Å². The Morgan fingerprint density at radius 3 is 2.03 bits per heavy atom. The van der Waals surface area contributed by atoms with Crippen molar-refractivity contribution in [3.63, 3.8) is 0 Å². The molecule has 0 spiro atoms. The lowest BCUT2D eigenvalue weighted by Crippen LogP contribution is -2.36. The van der Waals surface area contributed by atoms with Crippen LogP contribution in [-0.2, 0) is 4.74 Å². The standard InChI is InChI=1S/C25H24N4O5/c1-17-3-2-4-18(15-17)24(30)26-20-6-8-21(9-7-20)27-25(31)19-5-10-22(23(16-19)29(32)33)28-11-13-34-14-12-28/h2-10,15-16H,11-14H2,1H3,(H,26,30)(H,27,31). The number of ether oxygens (including phenoxy) is 1. The normalized spacial score (nSPS) is 13.3. The molecule has 34 heavy (non-hydrogen) atoms. The molecule has 0 unspecified atom stereocenters. The number of nitrogens with zero attached hydrogens (tertiary/aromatic N) is 2. The summed E-state index contributed by atoms with van der Waals surface area (Å²) in [7, 11) is 0. The molecule has 174 valence electrons. The van der Waals surface area contributed by atoms with E-state index in [0.717, 1.165) is 5.56 Å². The Hall–Kier alpha value is -4.24. The Labute approximate surface area is 196 Å². The van der Waals surface area contributed by atoms with Crippen LogP contribution >= 0.6 is 0 Å². The van der Waals surface area contributed by atoms with Gasteiger partial charge in [-0.25, -0.2) is 0 Å². The number of hydrogen-bond donors (Lipinski definition) is 2. The minimum atomic E-state index is -0.479. The number of benzene rings is 3. The number of carbonyl (C=O) groups is 2. The van der Waals surface area contributed by atoms with Gasteiger partial charge in [-0.05, 0) is 55.5 Å². The first kappa shape index (κ1) is 22.9. The largest absolute Gasteiger partial charge is 0.378 e. The van der Waals surface area contributed by atoms with E-state index >= 15 is 0 Å². The summed E-state index contributed by atoms with van der Waals surface area (Å²) < 4.78 is 5.31. The lowest BCUT2D eigenvalue weighted by Gasteiger charge is -2.28. The zero-order valence-electron chi connectivity index (χ0n) is 18.6. The molecule has 0 bridgehead atoms. The van der Waals surface area contributed by atoms with Crippen molar-refractivity contribution < 1.29 is 19.2 Å². The van der Waals surface area contributed by atoms with Gasteiger partial charge in [-0.2, -0.15) is 0 Å². The molecule has 4 rings (SSSR count). The number of anilines is 3. The van der Waals surface area contributed by atoms with Crippen LogP contribution in [0.5, 0.6) is 0 Å². The van der Waals surface area contributed by atoms with Gasteiger partial charge < -0.3 is 20.3 Å². The number of aryl methyl sites for hydroxylation is 1. The fourth-order valence-electron chi connectivity index (χ4n) is 3.71. The highest BCUT2D eigenvalue weighted by Crippen LogP contribution is 2.30. The van der Waals surface area contributed by atoms with Gasteiger partial charge in [0, 0.05) is 41.7 Å². The van der Waals surface area contributed by atoms with E-state index < -0.39 is 10.8 Å². The maximum absolute atomic E-state index is 12.7. The minimum Gasteiger partial charge on any atom is -0.378 e. The smallest absolute Gasteiger partial charge is 0.293 e. The van der Waals surface area contributed by atoms with Gasteiger partial charge in [0.25, 0.3) is 17.5 Å². The van der Waals surface area contributed by atoms with Gasteiger partial charge in [0.05, 0.1) is 18.1 Å². The van der Waals surface area contributed by atoms with E-state index in [2.05, 4.69) is 10.6 Å². The molecular weight excluding hydrogens is 436 g/mol. The Kier molecular flexibility index (Phi) is 6.84. The van der Waals surface area contributed by atoms with Gasteiger partial charge in [0.2, 0.25) is 0 Å². The second kappa shape index (κ2) is 10.1. The average Bonchev–Trinajstić information content (AvgIpc) is 2.85.